The van der Waals surface area contributed by atoms with E-state index in [1.165, 1.54) is 23.5 Å². The average molecular weight is 703 g/mol. The standard InChI is InChI=1S/C33H37F3N6O4S2/c1-19(2)30-40-28(21-6-8-23(35)26(16-21)41-48(44,45)27-17-22(34)7-9-24(27)36)29(47-30)25-10-13-37-31(39-25)38-18-20-11-14-42(15-12-20)32(43)46-33(3,4)5/h6-10,13,16-17,19-20,41H,11-12,14-15,18H2,1-5H3,(H,37,38,39). The molecule has 1 aliphatic heterocycles. The van der Waals surface area contributed by atoms with E-state index >= 15 is 0 Å². The number of hydrogen-bond acceptors (Lipinski definition) is 9. The highest BCUT2D eigenvalue weighted by Crippen LogP contribution is 2.40. The number of anilines is 2. The van der Waals surface area contributed by atoms with Crippen molar-refractivity contribution < 1.29 is 31.1 Å². The SMILES string of the molecule is CC(C)c1nc(-c2ccc(F)c(NS(=O)(=O)c3cc(F)ccc3F)c2)c(-c2ccnc(NCC3CCN(C(=O)OC(C)(C)C)CC3)n2)s1. The Morgan fingerprint density at radius 3 is 2.44 bits per heavy atom. The second-order valence-electron chi connectivity index (χ2n) is 12.8. The van der Waals surface area contributed by atoms with Gasteiger partial charge in [0.25, 0.3) is 10.0 Å². The number of benzene rings is 2. The lowest BCUT2D eigenvalue weighted by Gasteiger charge is -2.33. The summed E-state index contributed by atoms with van der Waals surface area (Å²) in [7, 11) is -4.67. The van der Waals surface area contributed by atoms with Gasteiger partial charge in [0.2, 0.25) is 5.95 Å². The van der Waals surface area contributed by atoms with E-state index in [0.717, 1.165) is 30.0 Å². The van der Waals surface area contributed by atoms with Gasteiger partial charge in [0.1, 0.15) is 27.9 Å². The molecular formula is C33H37F3N6O4S2. The first kappa shape index (κ1) is 35.1. The first-order valence-electron chi connectivity index (χ1n) is 15.4. The van der Waals surface area contributed by atoms with Gasteiger partial charge in [0.15, 0.2) is 0 Å². The topological polar surface area (TPSA) is 126 Å². The number of carbonyl (C=O) groups excluding carboxylic acids is 1. The first-order valence-corrected chi connectivity index (χ1v) is 17.7. The predicted molar refractivity (Wildman–Crippen MR) is 179 cm³/mol. The monoisotopic (exact) mass is 702 g/mol. The minimum absolute atomic E-state index is 0.0443. The second-order valence-corrected chi connectivity index (χ2v) is 15.5. The molecule has 0 unspecified atom stereocenters. The molecule has 256 valence electrons. The highest BCUT2D eigenvalue weighted by molar-refractivity contribution is 7.92. The quantitative estimate of drug-likeness (QED) is 0.182. The summed E-state index contributed by atoms with van der Waals surface area (Å²) in [5.41, 5.74) is 0.383. The highest BCUT2D eigenvalue weighted by Gasteiger charge is 2.27. The zero-order valence-electron chi connectivity index (χ0n) is 27.2. The molecule has 1 amide bonds. The fourth-order valence-corrected chi connectivity index (χ4v) is 7.25. The van der Waals surface area contributed by atoms with Crippen molar-refractivity contribution in [2.75, 3.05) is 29.7 Å². The van der Waals surface area contributed by atoms with Crippen molar-refractivity contribution in [2.24, 2.45) is 5.92 Å². The van der Waals surface area contributed by atoms with Gasteiger partial charge >= 0.3 is 6.09 Å². The molecule has 1 saturated heterocycles. The fourth-order valence-electron chi connectivity index (χ4n) is 5.04. The van der Waals surface area contributed by atoms with E-state index in [1.54, 1.807) is 17.2 Å². The Hall–Kier alpha value is -4.24. The summed E-state index contributed by atoms with van der Waals surface area (Å²) in [4.78, 5) is 27.7. The molecule has 1 fully saturated rings. The lowest BCUT2D eigenvalue weighted by atomic mass is 9.97. The van der Waals surface area contributed by atoms with Crippen LogP contribution in [-0.4, -0.2) is 59.6 Å². The van der Waals surface area contributed by atoms with Gasteiger partial charge in [-0.15, -0.1) is 11.3 Å². The Bertz CT molecular complexity index is 1910. The number of aromatic nitrogens is 3. The van der Waals surface area contributed by atoms with Crippen molar-refractivity contribution in [3.63, 3.8) is 0 Å². The van der Waals surface area contributed by atoms with Gasteiger partial charge in [-0.1, -0.05) is 13.8 Å². The van der Waals surface area contributed by atoms with E-state index in [9.17, 15) is 26.4 Å². The van der Waals surface area contributed by atoms with Gasteiger partial charge in [-0.2, -0.15) is 0 Å². The molecule has 0 aliphatic carbocycles. The van der Waals surface area contributed by atoms with Crippen LogP contribution in [0.2, 0.25) is 0 Å². The summed E-state index contributed by atoms with van der Waals surface area (Å²) in [6, 6.07) is 7.53. The van der Waals surface area contributed by atoms with Gasteiger partial charge in [-0.25, -0.2) is 41.3 Å². The summed E-state index contributed by atoms with van der Waals surface area (Å²) >= 11 is 1.40. The molecular weight excluding hydrogens is 666 g/mol. The predicted octanol–water partition coefficient (Wildman–Crippen LogP) is 7.67. The first-order chi connectivity index (χ1) is 22.6. The van der Waals surface area contributed by atoms with Gasteiger partial charge in [-0.3, -0.25) is 4.72 Å². The summed E-state index contributed by atoms with van der Waals surface area (Å²) in [6.45, 7) is 11.3. The molecule has 1 aliphatic rings. The number of thiazole rings is 1. The van der Waals surface area contributed by atoms with Gasteiger partial charge in [0.05, 0.1) is 27.0 Å². The maximum Gasteiger partial charge on any atom is 0.410 e. The fraction of sp³-hybridized carbons (Fsp3) is 0.394. The van der Waals surface area contributed by atoms with Crippen molar-refractivity contribution in [1.82, 2.24) is 19.9 Å². The van der Waals surface area contributed by atoms with E-state index in [4.69, 9.17) is 14.7 Å². The number of amides is 1. The number of likely N-dealkylation sites (tertiary alicyclic amines) is 1. The van der Waals surface area contributed by atoms with Crippen molar-refractivity contribution in [3.8, 4) is 21.8 Å². The molecule has 0 radical (unpaired) electrons. The molecule has 0 saturated carbocycles. The summed E-state index contributed by atoms with van der Waals surface area (Å²) < 4.78 is 76.3. The Labute approximate surface area is 281 Å². The number of ether oxygens (including phenoxy) is 1. The normalized spacial score (nSPS) is 14.3. The third-order valence-corrected chi connectivity index (χ3v) is 10.3. The molecule has 0 atom stereocenters. The lowest BCUT2D eigenvalue weighted by molar-refractivity contribution is 0.0188. The maximum absolute atomic E-state index is 14.9. The van der Waals surface area contributed by atoms with Gasteiger partial charge in [-0.05, 0) is 82.0 Å². The highest BCUT2D eigenvalue weighted by atomic mass is 32.2. The molecule has 4 aromatic rings. The van der Waals surface area contributed by atoms with E-state index in [2.05, 4.69) is 10.3 Å². The second kappa shape index (κ2) is 14.1. The zero-order valence-corrected chi connectivity index (χ0v) is 28.8. The van der Waals surface area contributed by atoms with E-state index in [-0.39, 0.29) is 12.0 Å². The molecule has 48 heavy (non-hydrogen) atoms. The van der Waals surface area contributed by atoms with E-state index in [1.807, 2.05) is 39.3 Å². The average Bonchev–Trinajstić information content (AvgIpc) is 3.48. The Morgan fingerprint density at radius 2 is 1.75 bits per heavy atom. The van der Waals surface area contributed by atoms with E-state index < -0.39 is 43.7 Å². The van der Waals surface area contributed by atoms with Crippen molar-refractivity contribution in [1.29, 1.82) is 0 Å². The van der Waals surface area contributed by atoms with Crippen LogP contribution in [0, 0.1) is 23.4 Å². The van der Waals surface area contributed by atoms with Crippen LogP contribution in [0.15, 0.2) is 53.6 Å². The van der Waals surface area contributed by atoms with Crippen LogP contribution in [0.3, 0.4) is 0 Å². The van der Waals surface area contributed by atoms with Crippen LogP contribution in [0.25, 0.3) is 21.8 Å². The number of rotatable bonds is 9. The number of piperidine rings is 1. The molecule has 2 aromatic heterocycles. The van der Waals surface area contributed by atoms with Crippen LogP contribution >= 0.6 is 11.3 Å². The Morgan fingerprint density at radius 1 is 1.04 bits per heavy atom. The van der Waals surface area contributed by atoms with Crippen LogP contribution < -0.4 is 10.0 Å². The molecule has 0 spiro atoms. The van der Waals surface area contributed by atoms with Crippen LogP contribution in [0.5, 0.6) is 0 Å². The van der Waals surface area contributed by atoms with Crippen molar-refractivity contribution in [3.05, 3.63) is 71.1 Å². The number of hydrogen-bond donors (Lipinski definition) is 2. The number of carbonyl (C=O) groups is 1. The zero-order chi connectivity index (χ0) is 34.8. The molecule has 5 rings (SSSR count). The number of sulfonamides is 1. The molecule has 10 nitrogen and oxygen atoms in total. The minimum Gasteiger partial charge on any atom is -0.444 e. The largest absolute Gasteiger partial charge is 0.444 e. The summed E-state index contributed by atoms with van der Waals surface area (Å²) in [6.07, 6.45) is 2.90. The number of nitrogens with one attached hydrogen (secondary N) is 2. The summed E-state index contributed by atoms with van der Waals surface area (Å²) in [5.74, 6) is -2.31. The van der Waals surface area contributed by atoms with Crippen molar-refractivity contribution in [2.45, 2.75) is 63.9 Å². The van der Waals surface area contributed by atoms with E-state index in [0.29, 0.717) is 65.5 Å². The smallest absolute Gasteiger partial charge is 0.410 e. The van der Waals surface area contributed by atoms with Gasteiger partial charge in [0, 0.05) is 37.3 Å². The van der Waals surface area contributed by atoms with Gasteiger partial charge < -0.3 is 15.0 Å². The Kier molecular flexibility index (Phi) is 10.3. The van der Waals surface area contributed by atoms with Crippen LogP contribution in [0.4, 0.5) is 29.6 Å². The number of halogens is 3. The molecule has 15 heteroatoms. The molecule has 3 heterocycles. The lowest BCUT2D eigenvalue weighted by Crippen LogP contribution is -2.42. The minimum atomic E-state index is -4.67. The van der Waals surface area contributed by atoms with Crippen LogP contribution in [0.1, 0.15) is 58.4 Å². The summed E-state index contributed by atoms with van der Waals surface area (Å²) in [5, 5.41) is 4.08. The Balaban J connectivity index is 1.35. The molecule has 2 N–H and O–H groups in total. The van der Waals surface area contributed by atoms with Crippen molar-refractivity contribution >= 4 is 39.1 Å². The molecule has 2 aromatic carbocycles. The molecule has 0 bridgehead atoms. The maximum atomic E-state index is 14.9. The third kappa shape index (κ3) is 8.42. The third-order valence-electron chi connectivity index (χ3n) is 7.51. The number of nitrogens with zero attached hydrogens (tertiary/aromatic N) is 4. The van der Waals surface area contributed by atoms with Crippen LogP contribution in [-0.2, 0) is 14.8 Å².